The molecular formula is C17H19FINO. The number of methoxy groups -OCH3 is 1. The fraction of sp³-hybridized carbons (Fsp3) is 0.294. The lowest BCUT2D eigenvalue weighted by Gasteiger charge is -2.20. The van der Waals surface area contributed by atoms with Crippen molar-refractivity contribution < 1.29 is 9.13 Å². The maximum Gasteiger partial charge on any atom is 0.132 e. The molecule has 21 heavy (non-hydrogen) atoms. The van der Waals surface area contributed by atoms with Crippen LogP contribution in [0.4, 0.5) is 4.39 Å². The minimum absolute atomic E-state index is 0.146. The zero-order valence-electron chi connectivity index (χ0n) is 12.2. The summed E-state index contributed by atoms with van der Waals surface area (Å²) in [5, 5.41) is 3.42. The first-order valence-corrected chi connectivity index (χ1v) is 8.06. The predicted octanol–water partition coefficient (Wildman–Crippen LogP) is 4.53. The zero-order valence-corrected chi connectivity index (χ0v) is 14.4. The van der Waals surface area contributed by atoms with Gasteiger partial charge in [-0.2, -0.15) is 0 Å². The van der Waals surface area contributed by atoms with Crippen LogP contribution in [0, 0.1) is 9.39 Å². The molecule has 2 aromatic carbocycles. The van der Waals surface area contributed by atoms with E-state index in [4.69, 9.17) is 4.74 Å². The highest BCUT2D eigenvalue weighted by atomic mass is 127. The van der Waals surface area contributed by atoms with E-state index in [-0.39, 0.29) is 11.9 Å². The Hall–Kier alpha value is -1.14. The van der Waals surface area contributed by atoms with Crippen LogP contribution in [0.15, 0.2) is 42.5 Å². The van der Waals surface area contributed by atoms with Crippen LogP contribution in [-0.2, 0) is 0 Å². The average Bonchev–Trinajstić information content (AvgIpc) is 2.50. The molecule has 1 unspecified atom stereocenters. The first-order valence-electron chi connectivity index (χ1n) is 6.98. The van der Waals surface area contributed by atoms with Gasteiger partial charge in [0.1, 0.15) is 11.6 Å². The van der Waals surface area contributed by atoms with Crippen LogP contribution >= 0.6 is 22.6 Å². The van der Waals surface area contributed by atoms with Gasteiger partial charge in [0.25, 0.3) is 0 Å². The molecule has 0 spiro atoms. The van der Waals surface area contributed by atoms with Crippen LogP contribution in [0.5, 0.6) is 5.75 Å². The second-order valence-corrected chi connectivity index (χ2v) is 6.07. The molecule has 0 saturated carbocycles. The van der Waals surface area contributed by atoms with Crippen LogP contribution in [0.1, 0.15) is 30.5 Å². The van der Waals surface area contributed by atoms with E-state index in [0.717, 1.165) is 18.5 Å². The molecule has 0 heterocycles. The van der Waals surface area contributed by atoms with E-state index < -0.39 is 0 Å². The Morgan fingerprint density at radius 2 is 1.90 bits per heavy atom. The van der Waals surface area contributed by atoms with Crippen LogP contribution in [0.2, 0.25) is 0 Å². The molecule has 2 aromatic rings. The van der Waals surface area contributed by atoms with Gasteiger partial charge in [0.05, 0.1) is 13.2 Å². The Morgan fingerprint density at radius 3 is 2.48 bits per heavy atom. The fourth-order valence-corrected chi connectivity index (χ4v) is 2.58. The van der Waals surface area contributed by atoms with E-state index >= 15 is 0 Å². The predicted molar refractivity (Wildman–Crippen MR) is 92.2 cm³/mol. The Kier molecular flexibility index (Phi) is 5.99. The highest BCUT2D eigenvalue weighted by Crippen LogP contribution is 2.27. The number of hydrogen-bond donors (Lipinski definition) is 1. The van der Waals surface area contributed by atoms with Gasteiger partial charge < -0.3 is 10.1 Å². The molecule has 1 N–H and O–H groups in total. The zero-order chi connectivity index (χ0) is 15.2. The molecule has 1 atom stereocenters. The summed E-state index contributed by atoms with van der Waals surface area (Å²) in [6.45, 7) is 2.94. The summed E-state index contributed by atoms with van der Waals surface area (Å²) < 4.78 is 20.6. The molecule has 0 amide bonds. The van der Waals surface area contributed by atoms with E-state index in [1.807, 2.05) is 24.3 Å². The van der Waals surface area contributed by atoms with Gasteiger partial charge in [-0.05, 0) is 59.3 Å². The van der Waals surface area contributed by atoms with E-state index in [1.165, 1.54) is 9.64 Å². The first kappa shape index (κ1) is 16.2. The molecule has 0 saturated heterocycles. The van der Waals surface area contributed by atoms with E-state index in [9.17, 15) is 4.39 Å². The largest absolute Gasteiger partial charge is 0.497 e. The topological polar surface area (TPSA) is 21.3 Å². The van der Waals surface area contributed by atoms with Crippen molar-refractivity contribution in [3.05, 3.63) is 63.0 Å². The van der Waals surface area contributed by atoms with Crippen LogP contribution < -0.4 is 10.1 Å². The second kappa shape index (κ2) is 7.75. The summed E-state index contributed by atoms with van der Waals surface area (Å²) in [7, 11) is 1.54. The van der Waals surface area contributed by atoms with Gasteiger partial charge in [0.15, 0.2) is 0 Å². The fourth-order valence-electron chi connectivity index (χ4n) is 2.22. The molecule has 4 heteroatoms. The third kappa shape index (κ3) is 4.17. The standard InChI is InChI=1S/C17H19FINO/c1-3-10-20-17(12-4-6-13(19)7-5-12)15-9-8-14(21-2)11-16(15)18/h4-9,11,17,20H,3,10H2,1-2H3. The Morgan fingerprint density at radius 1 is 1.19 bits per heavy atom. The van der Waals surface area contributed by atoms with Crippen LogP contribution in [-0.4, -0.2) is 13.7 Å². The second-order valence-electron chi connectivity index (χ2n) is 4.83. The van der Waals surface area contributed by atoms with Crippen LogP contribution in [0.25, 0.3) is 0 Å². The third-order valence-electron chi connectivity index (χ3n) is 3.32. The van der Waals surface area contributed by atoms with Crippen molar-refractivity contribution >= 4 is 22.6 Å². The molecule has 0 aromatic heterocycles. The maximum atomic E-state index is 14.4. The average molecular weight is 399 g/mol. The van der Waals surface area contributed by atoms with Gasteiger partial charge in [0, 0.05) is 15.2 Å². The molecule has 0 radical (unpaired) electrons. The first-order chi connectivity index (χ1) is 10.2. The summed E-state index contributed by atoms with van der Waals surface area (Å²) in [5.41, 5.74) is 1.71. The minimum Gasteiger partial charge on any atom is -0.497 e. The van der Waals surface area contributed by atoms with Gasteiger partial charge >= 0.3 is 0 Å². The number of ether oxygens (including phenoxy) is 1. The third-order valence-corrected chi connectivity index (χ3v) is 4.04. The van der Waals surface area contributed by atoms with Crippen molar-refractivity contribution in [2.75, 3.05) is 13.7 Å². The molecular weight excluding hydrogens is 380 g/mol. The van der Waals surface area contributed by atoms with Crippen molar-refractivity contribution in [2.24, 2.45) is 0 Å². The Balaban J connectivity index is 2.37. The smallest absolute Gasteiger partial charge is 0.132 e. The van der Waals surface area contributed by atoms with E-state index in [0.29, 0.717) is 11.3 Å². The quantitative estimate of drug-likeness (QED) is 0.721. The van der Waals surface area contributed by atoms with Gasteiger partial charge in [0.2, 0.25) is 0 Å². The molecule has 2 rings (SSSR count). The maximum absolute atomic E-state index is 14.4. The number of benzene rings is 2. The van der Waals surface area contributed by atoms with Gasteiger partial charge in [-0.15, -0.1) is 0 Å². The Bertz CT molecular complexity index is 586. The lowest BCUT2D eigenvalue weighted by atomic mass is 9.98. The molecule has 112 valence electrons. The van der Waals surface area contributed by atoms with Crippen LogP contribution in [0.3, 0.4) is 0 Å². The lowest BCUT2D eigenvalue weighted by Crippen LogP contribution is -2.24. The normalized spacial score (nSPS) is 12.2. The molecule has 0 aliphatic rings. The van der Waals surface area contributed by atoms with Gasteiger partial charge in [-0.1, -0.05) is 25.1 Å². The lowest BCUT2D eigenvalue weighted by molar-refractivity contribution is 0.410. The SMILES string of the molecule is CCCNC(c1ccc(I)cc1)c1ccc(OC)cc1F. The minimum atomic E-state index is -0.249. The van der Waals surface area contributed by atoms with Crippen molar-refractivity contribution in [1.82, 2.24) is 5.32 Å². The number of rotatable bonds is 6. The number of halogens is 2. The highest BCUT2D eigenvalue weighted by molar-refractivity contribution is 14.1. The van der Waals surface area contributed by atoms with Crippen molar-refractivity contribution in [1.29, 1.82) is 0 Å². The van der Waals surface area contributed by atoms with E-state index in [1.54, 1.807) is 19.2 Å². The highest BCUT2D eigenvalue weighted by Gasteiger charge is 2.17. The molecule has 0 aliphatic carbocycles. The molecule has 2 nitrogen and oxygen atoms in total. The Labute approximate surface area is 138 Å². The summed E-state index contributed by atoms with van der Waals surface area (Å²) in [6.07, 6.45) is 0.999. The van der Waals surface area contributed by atoms with Crippen molar-refractivity contribution in [3.63, 3.8) is 0 Å². The van der Waals surface area contributed by atoms with E-state index in [2.05, 4.69) is 34.8 Å². The van der Waals surface area contributed by atoms with Crippen molar-refractivity contribution in [2.45, 2.75) is 19.4 Å². The van der Waals surface area contributed by atoms with Gasteiger partial charge in [-0.3, -0.25) is 0 Å². The summed E-state index contributed by atoms with van der Waals surface area (Å²) in [6, 6.07) is 13.0. The summed E-state index contributed by atoms with van der Waals surface area (Å²) in [4.78, 5) is 0. The summed E-state index contributed by atoms with van der Waals surface area (Å²) in [5.74, 6) is 0.287. The summed E-state index contributed by atoms with van der Waals surface area (Å²) >= 11 is 2.27. The molecule has 0 aliphatic heterocycles. The number of hydrogen-bond acceptors (Lipinski definition) is 2. The van der Waals surface area contributed by atoms with Crippen molar-refractivity contribution in [3.8, 4) is 5.75 Å². The monoisotopic (exact) mass is 399 g/mol. The number of nitrogens with one attached hydrogen (secondary N) is 1. The molecule has 0 fully saturated rings. The molecule has 0 bridgehead atoms. The van der Waals surface area contributed by atoms with Gasteiger partial charge in [-0.25, -0.2) is 4.39 Å².